The van der Waals surface area contributed by atoms with Crippen LogP contribution in [0.15, 0.2) is 65.7 Å². The first kappa shape index (κ1) is 20.3. The predicted molar refractivity (Wildman–Crippen MR) is 113 cm³/mol. The molecule has 2 aromatic carbocycles. The number of ether oxygens (including phenoxy) is 1. The number of methoxy groups -OCH3 is 1. The van der Waals surface area contributed by atoms with Crippen LogP contribution < -0.4 is 15.6 Å². The van der Waals surface area contributed by atoms with Gasteiger partial charge in [0, 0.05) is 37.0 Å². The lowest BCUT2D eigenvalue weighted by molar-refractivity contribution is -0.116. The summed E-state index contributed by atoms with van der Waals surface area (Å²) in [6.45, 7) is 0. The second-order valence-corrected chi connectivity index (χ2v) is 6.90. The fourth-order valence-corrected chi connectivity index (χ4v) is 3.27. The normalized spacial score (nSPS) is 10.9. The Morgan fingerprint density at radius 2 is 1.97 bits per heavy atom. The van der Waals surface area contributed by atoms with Crippen LogP contribution in [0.5, 0.6) is 5.75 Å². The van der Waals surface area contributed by atoms with Crippen molar-refractivity contribution in [2.45, 2.75) is 19.3 Å². The first-order chi connectivity index (χ1) is 15.0. The summed E-state index contributed by atoms with van der Waals surface area (Å²) in [4.78, 5) is 24.9. The molecule has 0 unspecified atom stereocenters. The molecule has 158 valence electrons. The molecule has 0 radical (unpaired) electrons. The third-order valence-corrected chi connectivity index (χ3v) is 4.79. The number of aryl methyl sites for hydroxylation is 1. The summed E-state index contributed by atoms with van der Waals surface area (Å²) in [5.74, 6) is 0.679. The van der Waals surface area contributed by atoms with Crippen LogP contribution in [0.1, 0.15) is 18.7 Å². The number of aromatic nitrogens is 4. The molecule has 0 aliphatic rings. The van der Waals surface area contributed by atoms with Gasteiger partial charge in [-0.05, 0) is 36.8 Å². The standard InChI is InChI=1S/C22H20FN5O3/c1-31-18-8-3-6-16(14-18)24-20(29)10-4-9-19-25-26-21-22(30)27(11-12-28(19)21)17-7-2-5-15(23)13-17/h2-3,5-8,11-14H,4,9-10H2,1H3,(H,24,29). The van der Waals surface area contributed by atoms with Crippen molar-refractivity contribution in [3.8, 4) is 11.4 Å². The molecule has 0 aliphatic carbocycles. The zero-order valence-corrected chi connectivity index (χ0v) is 16.8. The van der Waals surface area contributed by atoms with Crippen molar-refractivity contribution in [1.29, 1.82) is 0 Å². The first-order valence-corrected chi connectivity index (χ1v) is 9.70. The second kappa shape index (κ2) is 8.78. The quantitative estimate of drug-likeness (QED) is 0.495. The van der Waals surface area contributed by atoms with Crippen molar-refractivity contribution in [2.75, 3.05) is 12.4 Å². The van der Waals surface area contributed by atoms with E-state index in [9.17, 15) is 14.0 Å². The molecule has 8 nitrogen and oxygen atoms in total. The van der Waals surface area contributed by atoms with E-state index in [0.717, 1.165) is 0 Å². The van der Waals surface area contributed by atoms with Crippen LogP contribution in [0, 0.1) is 5.82 Å². The van der Waals surface area contributed by atoms with Crippen LogP contribution >= 0.6 is 0 Å². The summed E-state index contributed by atoms with van der Waals surface area (Å²) in [6.07, 6.45) is 4.49. The van der Waals surface area contributed by atoms with Gasteiger partial charge in [0.2, 0.25) is 11.6 Å². The third-order valence-electron chi connectivity index (χ3n) is 4.79. The lowest BCUT2D eigenvalue weighted by atomic mass is 10.2. The Morgan fingerprint density at radius 1 is 1.13 bits per heavy atom. The molecular weight excluding hydrogens is 401 g/mol. The molecule has 0 saturated heterocycles. The van der Waals surface area contributed by atoms with Crippen molar-refractivity contribution < 1.29 is 13.9 Å². The molecule has 4 rings (SSSR count). The minimum absolute atomic E-state index is 0.129. The summed E-state index contributed by atoms with van der Waals surface area (Å²) in [7, 11) is 1.57. The number of benzene rings is 2. The van der Waals surface area contributed by atoms with Gasteiger partial charge in [-0.3, -0.25) is 18.6 Å². The lowest BCUT2D eigenvalue weighted by Gasteiger charge is -2.07. The highest BCUT2D eigenvalue weighted by molar-refractivity contribution is 5.90. The van der Waals surface area contributed by atoms with E-state index < -0.39 is 11.4 Å². The molecule has 4 aromatic rings. The van der Waals surface area contributed by atoms with E-state index in [1.165, 1.54) is 22.8 Å². The molecule has 0 atom stereocenters. The van der Waals surface area contributed by atoms with Gasteiger partial charge in [0.1, 0.15) is 17.4 Å². The highest BCUT2D eigenvalue weighted by Gasteiger charge is 2.12. The maximum Gasteiger partial charge on any atom is 0.300 e. The smallest absolute Gasteiger partial charge is 0.300 e. The molecule has 31 heavy (non-hydrogen) atoms. The Balaban J connectivity index is 1.43. The minimum atomic E-state index is -0.432. The minimum Gasteiger partial charge on any atom is -0.497 e. The van der Waals surface area contributed by atoms with E-state index >= 15 is 0 Å². The lowest BCUT2D eigenvalue weighted by Crippen LogP contribution is -2.20. The van der Waals surface area contributed by atoms with Crippen LogP contribution in [-0.2, 0) is 11.2 Å². The van der Waals surface area contributed by atoms with Crippen LogP contribution in [0.3, 0.4) is 0 Å². The van der Waals surface area contributed by atoms with Crippen LogP contribution in [0.2, 0.25) is 0 Å². The molecule has 0 fully saturated rings. The van der Waals surface area contributed by atoms with Crippen molar-refractivity contribution >= 4 is 17.2 Å². The second-order valence-electron chi connectivity index (χ2n) is 6.90. The molecule has 9 heteroatoms. The summed E-state index contributed by atoms with van der Waals surface area (Å²) in [5, 5.41) is 10.9. The van der Waals surface area contributed by atoms with Gasteiger partial charge in [0.05, 0.1) is 12.8 Å². The van der Waals surface area contributed by atoms with Gasteiger partial charge in [-0.25, -0.2) is 4.39 Å². The Hall–Kier alpha value is -4.01. The molecule has 0 spiro atoms. The van der Waals surface area contributed by atoms with E-state index in [0.29, 0.717) is 35.8 Å². The summed E-state index contributed by atoms with van der Waals surface area (Å²) >= 11 is 0. The third kappa shape index (κ3) is 4.45. The number of halogens is 1. The number of anilines is 1. The zero-order chi connectivity index (χ0) is 21.8. The van der Waals surface area contributed by atoms with Gasteiger partial charge >= 0.3 is 5.56 Å². The van der Waals surface area contributed by atoms with Crippen molar-refractivity contribution in [1.82, 2.24) is 19.2 Å². The number of rotatable bonds is 7. The van der Waals surface area contributed by atoms with Crippen LogP contribution in [-0.4, -0.2) is 32.2 Å². The molecular formula is C22H20FN5O3. The Kier molecular flexibility index (Phi) is 5.74. The number of hydrogen-bond donors (Lipinski definition) is 1. The number of carbonyl (C=O) groups excluding carboxylic acids is 1. The molecule has 0 bridgehead atoms. The zero-order valence-electron chi connectivity index (χ0n) is 16.8. The van der Waals surface area contributed by atoms with E-state index in [1.54, 1.807) is 54.2 Å². The van der Waals surface area contributed by atoms with Crippen molar-refractivity contribution in [3.05, 3.63) is 82.9 Å². The Morgan fingerprint density at radius 3 is 2.77 bits per heavy atom. The predicted octanol–water partition coefficient (Wildman–Crippen LogP) is 2.99. The number of amides is 1. The largest absolute Gasteiger partial charge is 0.497 e. The van der Waals surface area contributed by atoms with Crippen LogP contribution in [0.25, 0.3) is 11.3 Å². The van der Waals surface area contributed by atoms with E-state index in [2.05, 4.69) is 15.5 Å². The first-order valence-electron chi connectivity index (χ1n) is 9.70. The molecule has 1 N–H and O–H groups in total. The highest BCUT2D eigenvalue weighted by Crippen LogP contribution is 2.17. The fraction of sp³-hybridized carbons (Fsp3) is 0.182. The average Bonchev–Trinajstić information content (AvgIpc) is 3.18. The van der Waals surface area contributed by atoms with Gasteiger partial charge in [-0.2, -0.15) is 0 Å². The summed E-state index contributed by atoms with van der Waals surface area (Å²) in [6, 6.07) is 12.9. The number of nitrogens with one attached hydrogen (secondary N) is 1. The number of carbonyl (C=O) groups is 1. The fourth-order valence-electron chi connectivity index (χ4n) is 3.27. The summed E-state index contributed by atoms with van der Waals surface area (Å²) in [5.41, 5.74) is 0.812. The number of fused-ring (bicyclic) bond motifs is 1. The average molecular weight is 421 g/mol. The van der Waals surface area contributed by atoms with Gasteiger partial charge in [0.15, 0.2) is 0 Å². The number of nitrogens with zero attached hydrogens (tertiary/aromatic N) is 4. The summed E-state index contributed by atoms with van der Waals surface area (Å²) < 4.78 is 21.6. The Bertz CT molecular complexity index is 1300. The van der Waals surface area contributed by atoms with Gasteiger partial charge in [0.25, 0.3) is 0 Å². The molecule has 2 heterocycles. The van der Waals surface area contributed by atoms with Gasteiger partial charge in [-0.15, -0.1) is 10.2 Å². The molecule has 1 amide bonds. The number of hydrogen-bond acceptors (Lipinski definition) is 5. The molecule has 0 saturated carbocycles. The van der Waals surface area contributed by atoms with E-state index in [-0.39, 0.29) is 18.0 Å². The SMILES string of the molecule is COc1cccc(NC(=O)CCCc2nnc3c(=O)n(-c4cccc(F)c4)ccn23)c1. The topological polar surface area (TPSA) is 90.5 Å². The van der Waals surface area contributed by atoms with Gasteiger partial charge < -0.3 is 10.1 Å². The Labute approximate surface area is 176 Å². The van der Waals surface area contributed by atoms with E-state index in [1.807, 2.05) is 0 Å². The van der Waals surface area contributed by atoms with Crippen molar-refractivity contribution in [2.24, 2.45) is 0 Å². The van der Waals surface area contributed by atoms with Crippen LogP contribution in [0.4, 0.5) is 10.1 Å². The maximum absolute atomic E-state index is 13.5. The molecule has 0 aliphatic heterocycles. The maximum atomic E-state index is 13.5. The monoisotopic (exact) mass is 421 g/mol. The van der Waals surface area contributed by atoms with E-state index in [4.69, 9.17) is 4.74 Å². The highest BCUT2D eigenvalue weighted by atomic mass is 19.1. The van der Waals surface area contributed by atoms with Crippen molar-refractivity contribution in [3.63, 3.8) is 0 Å². The van der Waals surface area contributed by atoms with Gasteiger partial charge in [-0.1, -0.05) is 12.1 Å². The molecule has 2 aromatic heterocycles.